The van der Waals surface area contributed by atoms with Gasteiger partial charge in [-0.25, -0.2) is 0 Å². The van der Waals surface area contributed by atoms with Crippen molar-refractivity contribution in [3.8, 4) is 11.5 Å². The quantitative estimate of drug-likeness (QED) is 0.428. The largest absolute Gasteiger partial charge is 0.493 e. The molecule has 0 radical (unpaired) electrons. The Hall–Kier alpha value is -3.32. The minimum absolute atomic E-state index is 0.224. The van der Waals surface area contributed by atoms with Crippen LogP contribution in [0.15, 0.2) is 77.3 Å². The fourth-order valence-corrected chi connectivity index (χ4v) is 3.43. The standard InChI is InChI=1S/C25H25BrN2O4/c1-2-18-8-13-23(22(26)16-18)32-17-24(29)27-28-25(30)20-9-11-21(12-10-20)31-15-14-19-6-4-3-5-7-19/h3-13,16H,2,14-15,17H2,1H3,(H,27,29)(H,28,30). The lowest BCUT2D eigenvalue weighted by Crippen LogP contribution is -2.43. The molecule has 0 aromatic heterocycles. The van der Waals surface area contributed by atoms with Gasteiger partial charge in [-0.05, 0) is 69.9 Å². The van der Waals surface area contributed by atoms with Gasteiger partial charge in [-0.15, -0.1) is 0 Å². The molecule has 2 N–H and O–H groups in total. The predicted octanol–water partition coefficient (Wildman–Crippen LogP) is 4.47. The number of amides is 2. The zero-order valence-corrected chi connectivity index (χ0v) is 19.4. The Morgan fingerprint density at radius 2 is 1.62 bits per heavy atom. The smallest absolute Gasteiger partial charge is 0.276 e. The molecule has 0 unspecified atom stereocenters. The Kier molecular flexibility index (Phi) is 8.69. The minimum atomic E-state index is -0.467. The molecule has 166 valence electrons. The summed E-state index contributed by atoms with van der Waals surface area (Å²) in [7, 11) is 0. The molecular formula is C25H25BrN2O4. The summed E-state index contributed by atoms with van der Waals surface area (Å²) >= 11 is 3.43. The van der Waals surface area contributed by atoms with E-state index in [0.29, 0.717) is 23.7 Å². The van der Waals surface area contributed by atoms with Gasteiger partial charge in [0.15, 0.2) is 6.61 Å². The highest BCUT2D eigenvalue weighted by atomic mass is 79.9. The van der Waals surface area contributed by atoms with Crippen molar-refractivity contribution < 1.29 is 19.1 Å². The average molecular weight is 497 g/mol. The zero-order chi connectivity index (χ0) is 22.8. The van der Waals surface area contributed by atoms with Gasteiger partial charge in [0, 0.05) is 12.0 Å². The minimum Gasteiger partial charge on any atom is -0.493 e. The molecule has 3 rings (SSSR count). The van der Waals surface area contributed by atoms with E-state index >= 15 is 0 Å². The maximum Gasteiger partial charge on any atom is 0.276 e. The number of hydrazine groups is 1. The lowest BCUT2D eigenvalue weighted by atomic mass is 10.2. The molecule has 0 aliphatic heterocycles. The van der Waals surface area contributed by atoms with E-state index in [2.05, 4.69) is 45.8 Å². The maximum absolute atomic E-state index is 12.2. The van der Waals surface area contributed by atoms with Gasteiger partial charge in [-0.3, -0.25) is 20.4 Å². The first-order valence-corrected chi connectivity index (χ1v) is 11.1. The van der Waals surface area contributed by atoms with Crippen LogP contribution in [0, 0.1) is 0 Å². The molecule has 0 bridgehead atoms. The lowest BCUT2D eigenvalue weighted by Gasteiger charge is -2.11. The van der Waals surface area contributed by atoms with Crippen LogP contribution in [-0.4, -0.2) is 25.0 Å². The molecule has 32 heavy (non-hydrogen) atoms. The Labute approximate surface area is 196 Å². The third-order valence-corrected chi connectivity index (χ3v) is 5.32. The number of benzene rings is 3. The van der Waals surface area contributed by atoms with Crippen LogP contribution in [-0.2, 0) is 17.6 Å². The monoisotopic (exact) mass is 496 g/mol. The van der Waals surface area contributed by atoms with Crippen molar-refractivity contribution in [2.24, 2.45) is 0 Å². The number of nitrogens with one attached hydrogen (secondary N) is 2. The summed E-state index contributed by atoms with van der Waals surface area (Å²) in [4.78, 5) is 24.2. The normalized spacial score (nSPS) is 10.3. The summed E-state index contributed by atoms with van der Waals surface area (Å²) in [5, 5.41) is 0. The number of aryl methyl sites for hydroxylation is 1. The Morgan fingerprint density at radius 1 is 0.875 bits per heavy atom. The molecule has 2 amide bonds. The molecule has 6 nitrogen and oxygen atoms in total. The van der Waals surface area contributed by atoms with Gasteiger partial charge in [0.2, 0.25) is 0 Å². The van der Waals surface area contributed by atoms with Gasteiger partial charge >= 0.3 is 0 Å². The fraction of sp³-hybridized carbons (Fsp3) is 0.200. The van der Waals surface area contributed by atoms with E-state index in [-0.39, 0.29) is 6.61 Å². The Balaban J connectivity index is 1.40. The highest BCUT2D eigenvalue weighted by Crippen LogP contribution is 2.26. The van der Waals surface area contributed by atoms with Gasteiger partial charge in [0.1, 0.15) is 11.5 Å². The van der Waals surface area contributed by atoms with E-state index in [9.17, 15) is 9.59 Å². The van der Waals surface area contributed by atoms with E-state index in [1.54, 1.807) is 30.3 Å². The number of rotatable bonds is 9. The summed E-state index contributed by atoms with van der Waals surface area (Å²) in [6, 6.07) is 22.5. The van der Waals surface area contributed by atoms with Crippen LogP contribution in [0.5, 0.6) is 11.5 Å². The van der Waals surface area contributed by atoms with Crippen LogP contribution in [0.4, 0.5) is 0 Å². The second-order valence-corrected chi connectivity index (χ2v) is 7.87. The fourth-order valence-electron chi connectivity index (χ4n) is 2.89. The van der Waals surface area contributed by atoms with Gasteiger partial charge in [0.25, 0.3) is 11.8 Å². The van der Waals surface area contributed by atoms with Crippen molar-refractivity contribution in [3.05, 3.63) is 94.0 Å². The molecule has 0 atom stereocenters. The Morgan fingerprint density at radius 3 is 2.31 bits per heavy atom. The second kappa shape index (κ2) is 11.9. The molecule has 0 fully saturated rings. The SMILES string of the molecule is CCc1ccc(OCC(=O)NNC(=O)c2ccc(OCCc3ccccc3)cc2)c(Br)c1. The molecule has 0 aliphatic carbocycles. The number of hydrogen-bond acceptors (Lipinski definition) is 4. The van der Waals surface area contributed by atoms with Crippen LogP contribution in [0.2, 0.25) is 0 Å². The summed E-state index contributed by atoms with van der Waals surface area (Å²) in [6.07, 6.45) is 1.71. The van der Waals surface area contributed by atoms with Crippen LogP contribution >= 0.6 is 15.9 Å². The molecular weight excluding hydrogens is 472 g/mol. The highest BCUT2D eigenvalue weighted by Gasteiger charge is 2.10. The van der Waals surface area contributed by atoms with Crippen LogP contribution < -0.4 is 20.3 Å². The molecule has 0 aliphatic rings. The topological polar surface area (TPSA) is 76.7 Å². The first-order chi connectivity index (χ1) is 15.5. The van der Waals surface area contributed by atoms with Gasteiger partial charge in [-0.2, -0.15) is 0 Å². The zero-order valence-electron chi connectivity index (χ0n) is 17.8. The van der Waals surface area contributed by atoms with E-state index in [4.69, 9.17) is 9.47 Å². The molecule has 3 aromatic rings. The second-order valence-electron chi connectivity index (χ2n) is 7.02. The van der Waals surface area contributed by atoms with Crippen molar-refractivity contribution in [2.45, 2.75) is 19.8 Å². The molecule has 7 heteroatoms. The summed E-state index contributed by atoms with van der Waals surface area (Å²) in [5.41, 5.74) is 7.50. The molecule has 0 spiro atoms. The van der Waals surface area contributed by atoms with Gasteiger partial charge in [-0.1, -0.05) is 43.3 Å². The number of halogens is 1. The number of carbonyl (C=O) groups is 2. The van der Waals surface area contributed by atoms with Crippen molar-refractivity contribution in [1.82, 2.24) is 10.9 Å². The number of hydrogen-bond donors (Lipinski definition) is 2. The van der Waals surface area contributed by atoms with E-state index in [1.807, 2.05) is 30.3 Å². The first kappa shape index (κ1) is 23.3. The number of ether oxygens (including phenoxy) is 2. The van der Waals surface area contributed by atoms with Crippen molar-refractivity contribution >= 4 is 27.7 Å². The van der Waals surface area contributed by atoms with E-state index < -0.39 is 11.8 Å². The average Bonchev–Trinajstić information content (AvgIpc) is 2.82. The molecule has 3 aromatic carbocycles. The summed E-state index contributed by atoms with van der Waals surface area (Å²) in [6.45, 7) is 2.38. The lowest BCUT2D eigenvalue weighted by molar-refractivity contribution is -0.123. The van der Waals surface area contributed by atoms with Crippen molar-refractivity contribution in [3.63, 3.8) is 0 Å². The molecule has 0 saturated heterocycles. The third kappa shape index (κ3) is 7.13. The van der Waals surface area contributed by atoms with Crippen LogP contribution in [0.3, 0.4) is 0 Å². The molecule has 0 heterocycles. The van der Waals surface area contributed by atoms with Crippen molar-refractivity contribution in [2.75, 3.05) is 13.2 Å². The van der Waals surface area contributed by atoms with Gasteiger partial charge < -0.3 is 9.47 Å². The number of carbonyl (C=O) groups excluding carboxylic acids is 2. The van der Waals surface area contributed by atoms with Crippen LogP contribution in [0.1, 0.15) is 28.4 Å². The predicted molar refractivity (Wildman–Crippen MR) is 127 cm³/mol. The maximum atomic E-state index is 12.2. The summed E-state index contributed by atoms with van der Waals surface area (Å²) in [5.74, 6) is 0.342. The van der Waals surface area contributed by atoms with Gasteiger partial charge in [0.05, 0.1) is 11.1 Å². The Bertz CT molecular complexity index is 1040. The third-order valence-electron chi connectivity index (χ3n) is 4.70. The van der Waals surface area contributed by atoms with E-state index in [0.717, 1.165) is 22.9 Å². The highest BCUT2D eigenvalue weighted by molar-refractivity contribution is 9.10. The van der Waals surface area contributed by atoms with E-state index in [1.165, 1.54) is 5.56 Å². The first-order valence-electron chi connectivity index (χ1n) is 10.3. The summed E-state index contributed by atoms with van der Waals surface area (Å²) < 4.78 is 12.0. The van der Waals surface area contributed by atoms with Crippen molar-refractivity contribution in [1.29, 1.82) is 0 Å². The van der Waals surface area contributed by atoms with Crippen LogP contribution in [0.25, 0.3) is 0 Å². The molecule has 0 saturated carbocycles.